The van der Waals surface area contributed by atoms with Gasteiger partial charge in [0, 0.05) is 6.54 Å². The van der Waals surface area contributed by atoms with E-state index in [1.54, 1.807) is 18.2 Å². The van der Waals surface area contributed by atoms with Crippen LogP contribution in [0.25, 0.3) is 0 Å². The summed E-state index contributed by atoms with van der Waals surface area (Å²) in [4.78, 5) is 21.7. The lowest BCUT2D eigenvalue weighted by Gasteiger charge is -2.11. The molecule has 0 atom stereocenters. The number of carbonyl (C=O) groups is 2. The number of carbonyl (C=O) groups excluding carboxylic acids is 2. The van der Waals surface area contributed by atoms with Crippen LogP contribution in [0.2, 0.25) is 0 Å². The minimum atomic E-state index is -0.840. The van der Waals surface area contributed by atoms with Gasteiger partial charge in [-0.1, -0.05) is 6.07 Å². The van der Waals surface area contributed by atoms with E-state index in [0.29, 0.717) is 12.2 Å². The first-order chi connectivity index (χ1) is 8.56. The van der Waals surface area contributed by atoms with Crippen LogP contribution in [0.3, 0.4) is 0 Å². The van der Waals surface area contributed by atoms with Gasteiger partial charge in [0.25, 0.3) is 0 Å². The Morgan fingerprint density at radius 3 is 2.72 bits per heavy atom. The predicted molar refractivity (Wildman–Crippen MR) is 66.2 cm³/mol. The molecule has 0 bridgehead atoms. The van der Waals surface area contributed by atoms with Crippen molar-refractivity contribution in [2.75, 3.05) is 31.3 Å². The fourth-order valence-electron chi connectivity index (χ4n) is 1.34. The molecule has 5 N–H and O–H groups in total. The van der Waals surface area contributed by atoms with Crippen molar-refractivity contribution in [3.05, 3.63) is 23.8 Å². The number of nitrogen functional groups attached to an aromatic ring is 1. The number of primary amides is 1. The fraction of sp³-hybridized carbons (Fsp3) is 0.273. The van der Waals surface area contributed by atoms with Crippen LogP contribution in [-0.2, 0) is 9.47 Å². The Morgan fingerprint density at radius 2 is 2.11 bits per heavy atom. The van der Waals surface area contributed by atoms with Crippen molar-refractivity contribution >= 4 is 23.4 Å². The normalized spacial score (nSPS) is 9.61. The molecule has 0 aliphatic heterocycles. The number of esters is 1. The lowest BCUT2D eigenvalue weighted by molar-refractivity contribution is 0.0602. The molecule has 0 spiro atoms. The predicted octanol–water partition coefficient (Wildman–Crippen LogP) is 0.563. The summed E-state index contributed by atoms with van der Waals surface area (Å²) in [6.07, 6.45) is -0.840. The number of nitrogens with one attached hydrogen (secondary N) is 1. The largest absolute Gasteiger partial charge is 0.465 e. The molecule has 7 nitrogen and oxygen atoms in total. The van der Waals surface area contributed by atoms with E-state index in [9.17, 15) is 9.59 Å². The van der Waals surface area contributed by atoms with E-state index in [-0.39, 0.29) is 17.9 Å². The molecule has 1 amide bonds. The zero-order valence-electron chi connectivity index (χ0n) is 9.93. The molecule has 0 aromatic heterocycles. The van der Waals surface area contributed by atoms with Gasteiger partial charge in [0.05, 0.1) is 24.0 Å². The summed E-state index contributed by atoms with van der Waals surface area (Å²) < 4.78 is 9.14. The van der Waals surface area contributed by atoms with Gasteiger partial charge in [0.1, 0.15) is 6.61 Å². The third-order valence-electron chi connectivity index (χ3n) is 2.17. The van der Waals surface area contributed by atoms with Crippen molar-refractivity contribution in [2.24, 2.45) is 5.73 Å². The molecule has 0 unspecified atom stereocenters. The first kappa shape index (κ1) is 13.6. The first-order valence-electron chi connectivity index (χ1n) is 5.19. The number of hydrogen-bond donors (Lipinski definition) is 3. The molecule has 1 aromatic carbocycles. The maximum atomic E-state index is 11.4. The van der Waals surface area contributed by atoms with E-state index in [2.05, 4.69) is 14.8 Å². The van der Waals surface area contributed by atoms with Crippen LogP contribution in [0.15, 0.2) is 18.2 Å². The van der Waals surface area contributed by atoms with E-state index < -0.39 is 12.1 Å². The highest BCUT2D eigenvalue weighted by molar-refractivity contribution is 5.98. The molecule has 0 aliphatic carbocycles. The standard InChI is InChI=1S/C11H15N3O4/c1-17-10(15)7-3-2-4-8(9(7)12)14-5-6-18-11(13)16/h2-4,14H,5-6,12H2,1H3,(H2,13,16). The van der Waals surface area contributed by atoms with E-state index in [1.165, 1.54) is 7.11 Å². The van der Waals surface area contributed by atoms with Crippen LogP contribution in [0.1, 0.15) is 10.4 Å². The highest BCUT2D eigenvalue weighted by Crippen LogP contribution is 2.23. The van der Waals surface area contributed by atoms with Crippen LogP contribution >= 0.6 is 0 Å². The molecule has 0 heterocycles. The quantitative estimate of drug-likeness (QED) is 0.401. The lowest BCUT2D eigenvalue weighted by Crippen LogP contribution is -2.19. The van der Waals surface area contributed by atoms with Crippen LogP contribution in [0.4, 0.5) is 16.2 Å². The molecule has 0 saturated carbocycles. The summed E-state index contributed by atoms with van der Waals surface area (Å²) in [5.74, 6) is -0.510. The second-order valence-electron chi connectivity index (χ2n) is 3.35. The van der Waals surface area contributed by atoms with Gasteiger partial charge in [0.2, 0.25) is 0 Å². The number of rotatable bonds is 5. The molecular formula is C11H15N3O4. The van der Waals surface area contributed by atoms with E-state index in [0.717, 1.165) is 0 Å². The summed E-state index contributed by atoms with van der Waals surface area (Å²) in [5, 5.41) is 2.92. The molecule has 98 valence electrons. The van der Waals surface area contributed by atoms with Crippen molar-refractivity contribution < 1.29 is 19.1 Å². The number of hydrogen-bond acceptors (Lipinski definition) is 6. The van der Waals surface area contributed by atoms with E-state index >= 15 is 0 Å². The molecule has 7 heteroatoms. The van der Waals surface area contributed by atoms with Crippen molar-refractivity contribution in [3.63, 3.8) is 0 Å². The lowest BCUT2D eigenvalue weighted by atomic mass is 10.1. The Bertz CT molecular complexity index is 448. The maximum Gasteiger partial charge on any atom is 0.404 e. The molecule has 0 radical (unpaired) electrons. The van der Waals surface area contributed by atoms with Gasteiger partial charge < -0.3 is 26.3 Å². The molecule has 1 rings (SSSR count). The molecule has 18 heavy (non-hydrogen) atoms. The SMILES string of the molecule is COC(=O)c1cccc(NCCOC(N)=O)c1N. The Morgan fingerprint density at radius 1 is 1.39 bits per heavy atom. The zero-order chi connectivity index (χ0) is 13.5. The Labute approximate surface area is 104 Å². The minimum Gasteiger partial charge on any atom is -0.465 e. The molecule has 0 fully saturated rings. The van der Waals surface area contributed by atoms with Gasteiger partial charge in [0.15, 0.2) is 0 Å². The average Bonchev–Trinajstić information content (AvgIpc) is 2.35. The summed E-state index contributed by atoms with van der Waals surface area (Å²) in [5.41, 5.74) is 11.7. The Hall–Kier alpha value is -2.44. The number of amides is 1. The molecule has 0 aliphatic rings. The van der Waals surface area contributed by atoms with E-state index in [1.807, 2.05) is 0 Å². The van der Waals surface area contributed by atoms with Gasteiger partial charge in [-0.2, -0.15) is 0 Å². The highest BCUT2D eigenvalue weighted by atomic mass is 16.5. The fourth-order valence-corrected chi connectivity index (χ4v) is 1.34. The van der Waals surface area contributed by atoms with Crippen molar-refractivity contribution in [1.82, 2.24) is 0 Å². The van der Waals surface area contributed by atoms with Crippen LogP contribution in [0, 0.1) is 0 Å². The third kappa shape index (κ3) is 3.55. The van der Waals surface area contributed by atoms with Crippen LogP contribution < -0.4 is 16.8 Å². The molecule has 0 saturated heterocycles. The first-order valence-corrected chi connectivity index (χ1v) is 5.19. The highest BCUT2D eigenvalue weighted by Gasteiger charge is 2.12. The second-order valence-corrected chi connectivity index (χ2v) is 3.35. The Kier molecular flexibility index (Phi) is 4.79. The van der Waals surface area contributed by atoms with Crippen LogP contribution in [0.5, 0.6) is 0 Å². The average molecular weight is 253 g/mol. The number of ether oxygens (including phenoxy) is 2. The molecular weight excluding hydrogens is 238 g/mol. The number of nitrogens with two attached hydrogens (primary N) is 2. The van der Waals surface area contributed by atoms with Gasteiger partial charge in [-0.25, -0.2) is 9.59 Å². The van der Waals surface area contributed by atoms with Crippen molar-refractivity contribution in [2.45, 2.75) is 0 Å². The summed E-state index contributed by atoms with van der Waals surface area (Å²) >= 11 is 0. The number of methoxy groups -OCH3 is 1. The van der Waals surface area contributed by atoms with Gasteiger partial charge in [-0.3, -0.25) is 0 Å². The number of benzene rings is 1. The number of para-hydroxylation sites is 1. The maximum absolute atomic E-state index is 11.4. The van der Waals surface area contributed by atoms with E-state index in [4.69, 9.17) is 11.5 Å². The van der Waals surface area contributed by atoms with Crippen molar-refractivity contribution in [1.29, 1.82) is 0 Å². The topological polar surface area (TPSA) is 117 Å². The summed E-state index contributed by atoms with van der Waals surface area (Å²) in [6, 6.07) is 4.93. The summed E-state index contributed by atoms with van der Waals surface area (Å²) in [7, 11) is 1.28. The summed E-state index contributed by atoms with van der Waals surface area (Å²) in [6.45, 7) is 0.439. The monoisotopic (exact) mass is 253 g/mol. The van der Waals surface area contributed by atoms with Gasteiger partial charge in [-0.05, 0) is 12.1 Å². The smallest absolute Gasteiger partial charge is 0.404 e. The second kappa shape index (κ2) is 6.33. The number of anilines is 2. The third-order valence-corrected chi connectivity index (χ3v) is 2.17. The minimum absolute atomic E-state index is 0.108. The van der Waals surface area contributed by atoms with Crippen LogP contribution in [-0.4, -0.2) is 32.3 Å². The molecule has 1 aromatic rings. The zero-order valence-corrected chi connectivity index (χ0v) is 9.93. The van der Waals surface area contributed by atoms with Gasteiger partial charge in [-0.15, -0.1) is 0 Å². The van der Waals surface area contributed by atoms with Gasteiger partial charge >= 0.3 is 12.1 Å². The van der Waals surface area contributed by atoms with Crippen molar-refractivity contribution in [3.8, 4) is 0 Å². The Balaban J connectivity index is 2.66.